The Bertz CT molecular complexity index is 468. The van der Waals surface area contributed by atoms with Crippen LogP contribution in [0.4, 0.5) is 0 Å². The third-order valence-corrected chi connectivity index (χ3v) is 2.04. The van der Waals surface area contributed by atoms with E-state index in [-0.39, 0.29) is 29.5 Å². The van der Waals surface area contributed by atoms with Crippen molar-refractivity contribution < 1.29 is 36.9 Å². The van der Waals surface area contributed by atoms with Gasteiger partial charge in [-0.25, -0.2) is 9.59 Å². The molecule has 6 heteroatoms. The zero-order valence-corrected chi connectivity index (χ0v) is 12.0. The molecule has 0 aliphatic rings. The van der Waals surface area contributed by atoms with Crippen molar-refractivity contribution in [3.05, 3.63) is 71.8 Å². The van der Waals surface area contributed by atoms with Crippen LogP contribution in [0.5, 0.6) is 0 Å². The maximum Gasteiger partial charge on any atom is 0.335 e. The van der Waals surface area contributed by atoms with Gasteiger partial charge in [0.1, 0.15) is 0 Å². The first-order chi connectivity index (χ1) is 8.61. The molecule has 2 aromatic carbocycles. The number of halogens is 1. The molecule has 2 rings (SSSR count). The van der Waals surface area contributed by atoms with E-state index in [9.17, 15) is 9.59 Å². The van der Waals surface area contributed by atoms with Crippen LogP contribution in [0.2, 0.25) is 0 Å². The molecule has 0 aliphatic carbocycles. The Morgan fingerprint density at radius 1 is 0.650 bits per heavy atom. The number of hydrogen-bond donors (Lipinski definition) is 2. The van der Waals surface area contributed by atoms with Crippen molar-refractivity contribution in [2.75, 3.05) is 0 Å². The number of carbonyl (C=O) groups is 2. The number of aromatic carboxylic acids is 2. The molecule has 0 amide bonds. The summed E-state index contributed by atoms with van der Waals surface area (Å²) in [5.74, 6) is -1.76. The largest absolute Gasteiger partial charge is 0.478 e. The van der Waals surface area contributed by atoms with E-state index in [1.165, 1.54) is 0 Å². The summed E-state index contributed by atoms with van der Waals surface area (Å²) in [5.41, 5.74) is 0.662. The predicted octanol–water partition coefficient (Wildman–Crippen LogP) is 3.19. The van der Waals surface area contributed by atoms with E-state index in [4.69, 9.17) is 10.2 Å². The van der Waals surface area contributed by atoms with Crippen LogP contribution in [0.15, 0.2) is 60.7 Å². The van der Waals surface area contributed by atoms with Crippen LogP contribution in [-0.4, -0.2) is 22.2 Å². The van der Waals surface area contributed by atoms with Gasteiger partial charge in [-0.05, 0) is 24.3 Å². The van der Waals surface area contributed by atoms with E-state index in [1.807, 2.05) is 0 Å². The van der Waals surface area contributed by atoms with Crippen molar-refractivity contribution in [1.82, 2.24) is 0 Å². The maximum absolute atomic E-state index is 10.2. The summed E-state index contributed by atoms with van der Waals surface area (Å²) in [6, 6.07) is 16.6. The average molecular weight is 344 g/mol. The fraction of sp³-hybridized carbons (Fsp3) is 0. The molecule has 2 N–H and O–H groups in total. The van der Waals surface area contributed by atoms with Gasteiger partial charge in [-0.2, -0.15) is 0 Å². The van der Waals surface area contributed by atoms with Crippen LogP contribution >= 0.6 is 12.4 Å². The fourth-order valence-corrected chi connectivity index (χ4v) is 1.16. The molecule has 0 unspecified atom stereocenters. The number of carboxylic acid groups (broad SMARTS) is 2. The van der Waals surface area contributed by atoms with E-state index in [1.54, 1.807) is 60.7 Å². The van der Waals surface area contributed by atoms with Gasteiger partial charge in [0, 0.05) is 17.1 Å². The SMILES string of the molecule is Cl.O=C(O)c1ccccc1.O=C(O)c1ccccc1.[Cu]. The van der Waals surface area contributed by atoms with E-state index in [0.29, 0.717) is 11.1 Å². The van der Waals surface area contributed by atoms with Gasteiger partial charge >= 0.3 is 11.9 Å². The maximum atomic E-state index is 10.2. The quantitative estimate of drug-likeness (QED) is 0.821. The van der Waals surface area contributed by atoms with Gasteiger partial charge in [0.2, 0.25) is 0 Å². The second kappa shape index (κ2) is 11.1. The number of carboxylic acids is 2. The Kier molecular flexibility index (Phi) is 11.3. The van der Waals surface area contributed by atoms with Crippen LogP contribution in [0.3, 0.4) is 0 Å². The van der Waals surface area contributed by atoms with Crippen molar-refractivity contribution in [2.45, 2.75) is 0 Å². The zero-order valence-electron chi connectivity index (χ0n) is 10.2. The summed E-state index contributed by atoms with van der Waals surface area (Å²) in [5, 5.41) is 16.8. The molecule has 0 atom stereocenters. The molecule has 0 aromatic heterocycles. The summed E-state index contributed by atoms with van der Waals surface area (Å²) in [6.45, 7) is 0. The summed E-state index contributed by atoms with van der Waals surface area (Å²) in [6.07, 6.45) is 0. The minimum atomic E-state index is -0.879. The topological polar surface area (TPSA) is 74.6 Å². The summed E-state index contributed by atoms with van der Waals surface area (Å²) >= 11 is 0. The number of rotatable bonds is 2. The van der Waals surface area contributed by atoms with E-state index in [2.05, 4.69) is 0 Å². The van der Waals surface area contributed by atoms with Gasteiger partial charge in [0.15, 0.2) is 0 Å². The first-order valence-corrected chi connectivity index (χ1v) is 5.18. The monoisotopic (exact) mass is 343 g/mol. The Morgan fingerprint density at radius 3 is 1.05 bits per heavy atom. The molecule has 4 nitrogen and oxygen atoms in total. The van der Waals surface area contributed by atoms with Gasteiger partial charge in [-0.3, -0.25) is 0 Å². The van der Waals surface area contributed by atoms with Crippen LogP contribution in [-0.2, 0) is 17.1 Å². The van der Waals surface area contributed by atoms with Crippen LogP contribution in [0.1, 0.15) is 20.7 Å². The van der Waals surface area contributed by atoms with Crippen molar-refractivity contribution in [3.63, 3.8) is 0 Å². The minimum absolute atomic E-state index is 0. The van der Waals surface area contributed by atoms with Gasteiger partial charge in [0.05, 0.1) is 11.1 Å². The smallest absolute Gasteiger partial charge is 0.335 e. The van der Waals surface area contributed by atoms with Crippen molar-refractivity contribution in [3.8, 4) is 0 Å². The number of benzene rings is 2. The molecule has 0 fully saturated rings. The van der Waals surface area contributed by atoms with Crippen molar-refractivity contribution >= 4 is 24.3 Å². The standard InChI is InChI=1S/2C7H6O2.ClH.Cu/c2*8-7(9)6-4-2-1-3-5-6;;/h2*1-5H,(H,8,9);1H;. The van der Waals surface area contributed by atoms with Gasteiger partial charge in [0.25, 0.3) is 0 Å². The number of hydrogen-bond acceptors (Lipinski definition) is 2. The molecule has 0 spiro atoms. The Morgan fingerprint density at radius 2 is 0.900 bits per heavy atom. The summed E-state index contributed by atoms with van der Waals surface area (Å²) < 4.78 is 0. The Hall–Kier alpha value is -1.81. The second-order valence-electron chi connectivity index (χ2n) is 3.34. The minimum Gasteiger partial charge on any atom is -0.478 e. The predicted molar refractivity (Wildman–Crippen MR) is 74.1 cm³/mol. The molecule has 20 heavy (non-hydrogen) atoms. The normalized spacial score (nSPS) is 8.00. The Labute approximate surface area is 133 Å². The molecule has 2 aromatic rings. The average Bonchev–Trinajstić information content (AvgIpc) is 2.41. The molecule has 1 radical (unpaired) electrons. The molecule has 0 bridgehead atoms. The first kappa shape index (κ1) is 20.5. The Balaban J connectivity index is 0. The van der Waals surface area contributed by atoms with E-state index in [0.717, 1.165) is 0 Å². The second-order valence-corrected chi connectivity index (χ2v) is 3.34. The molecule has 0 saturated carbocycles. The van der Waals surface area contributed by atoms with Crippen LogP contribution < -0.4 is 0 Å². The van der Waals surface area contributed by atoms with E-state index < -0.39 is 11.9 Å². The molecule has 0 saturated heterocycles. The fourth-order valence-electron chi connectivity index (χ4n) is 1.16. The van der Waals surface area contributed by atoms with Crippen LogP contribution in [0.25, 0.3) is 0 Å². The third kappa shape index (κ3) is 7.59. The van der Waals surface area contributed by atoms with Gasteiger partial charge in [-0.15, -0.1) is 12.4 Å². The zero-order chi connectivity index (χ0) is 13.4. The molecular weight excluding hydrogens is 331 g/mol. The van der Waals surface area contributed by atoms with Crippen molar-refractivity contribution in [2.24, 2.45) is 0 Å². The molecule has 111 valence electrons. The van der Waals surface area contributed by atoms with Gasteiger partial charge in [-0.1, -0.05) is 36.4 Å². The third-order valence-electron chi connectivity index (χ3n) is 2.04. The molecule has 0 aliphatic heterocycles. The summed E-state index contributed by atoms with van der Waals surface area (Å²) in [4.78, 5) is 20.4. The van der Waals surface area contributed by atoms with Crippen LogP contribution in [0, 0.1) is 0 Å². The summed E-state index contributed by atoms with van der Waals surface area (Å²) in [7, 11) is 0. The van der Waals surface area contributed by atoms with E-state index >= 15 is 0 Å². The molecular formula is C14H13ClCuO4. The molecule has 0 heterocycles. The van der Waals surface area contributed by atoms with Crippen molar-refractivity contribution in [1.29, 1.82) is 0 Å². The van der Waals surface area contributed by atoms with Gasteiger partial charge < -0.3 is 10.2 Å². The first-order valence-electron chi connectivity index (χ1n) is 5.18.